The van der Waals surface area contributed by atoms with Gasteiger partial charge < -0.3 is 14.5 Å². The topological polar surface area (TPSA) is 60.6 Å². The molecule has 0 aliphatic heterocycles. The highest BCUT2D eigenvalue weighted by Crippen LogP contribution is 2.20. The summed E-state index contributed by atoms with van der Waals surface area (Å²) >= 11 is 0. The normalized spacial score (nSPS) is 11.0. The fourth-order valence-corrected chi connectivity index (χ4v) is 2.95. The lowest BCUT2D eigenvalue weighted by atomic mass is 10.3. The lowest BCUT2D eigenvalue weighted by Crippen LogP contribution is -2.09. The summed E-state index contributed by atoms with van der Waals surface area (Å²) in [6.45, 7) is 2.54. The number of hydrogen-bond donors (Lipinski definition) is 1. The predicted molar refractivity (Wildman–Crippen MR) is 98.1 cm³/mol. The smallest absolute Gasteiger partial charge is 0.204 e. The molecular formula is C19H20N6. The van der Waals surface area contributed by atoms with Crippen LogP contribution < -0.4 is 5.32 Å². The van der Waals surface area contributed by atoms with Crippen LogP contribution in [0.5, 0.6) is 0 Å². The van der Waals surface area contributed by atoms with Gasteiger partial charge in [-0.05, 0) is 30.2 Å². The molecule has 0 amide bonds. The van der Waals surface area contributed by atoms with Crippen LogP contribution in [0.2, 0.25) is 0 Å². The van der Waals surface area contributed by atoms with Gasteiger partial charge in [-0.1, -0.05) is 18.2 Å². The van der Waals surface area contributed by atoms with Crippen molar-refractivity contribution in [3.8, 4) is 0 Å². The first-order chi connectivity index (χ1) is 12.4. The van der Waals surface area contributed by atoms with Crippen LogP contribution in [0.4, 0.5) is 5.95 Å². The van der Waals surface area contributed by atoms with Gasteiger partial charge in [0.15, 0.2) is 0 Å². The Morgan fingerprint density at radius 3 is 2.76 bits per heavy atom. The highest BCUT2D eigenvalue weighted by atomic mass is 15.2. The second kappa shape index (κ2) is 7.17. The first kappa shape index (κ1) is 15.4. The highest BCUT2D eigenvalue weighted by molar-refractivity contribution is 5.78. The Kier molecular flexibility index (Phi) is 4.41. The lowest BCUT2D eigenvalue weighted by Gasteiger charge is -2.11. The molecule has 0 aliphatic rings. The number of nitrogens with zero attached hydrogens (tertiary/aromatic N) is 5. The second-order valence-electron chi connectivity index (χ2n) is 5.94. The van der Waals surface area contributed by atoms with Crippen molar-refractivity contribution in [1.29, 1.82) is 0 Å². The second-order valence-corrected chi connectivity index (χ2v) is 5.94. The molecule has 1 aromatic carbocycles. The molecule has 25 heavy (non-hydrogen) atoms. The number of nitrogens with one attached hydrogen (secondary N) is 1. The number of hydrogen-bond acceptors (Lipinski definition) is 4. The van der Waals surface area contributed by atoms with Gasteiger partial charge in [0.2, 0.25) is 5.95 Å². The van der Waals surface area contributed by atoms with Crippen molar-refractivity contribution < 1.29 is 0 Å². The van der Waals surface area contributed by atoms with Crippen LogP contribution in [0.3, 0.4) is 0 Å². The summed E-state index contributed by atoms with van der Waals surface area (Å²) in [4.78, 5) is 13.0. The summed E-state index contributed by atoms with van der Waals surface area (Å²) in [6, 6.07) is 12.3. The molecule has 0 spiro atoms. The molecule has 0 aliphatic carbocycles. The van der Waals surface area contributed by atoms with Crippen LogP contribution in [0.1, 0.15) is 12.0 Å². The highest BCUT2D eigenvalue weighted by Gasteiger charge is 2.10. The molecule has 3 aromatic heterocycles. The Balaban J connectivity index is 1.52. The fraction of sp³-hybridized carbons (Fsp3) is 0.211. The van der Waals surface area contributed by atoms with Crippen LogP contribution in [-0.2, 0) is 19.6 Å². The van der Waals surface area contributed by atoms with Gasteiger partial charge >= 0.3 is 0 Å². The molecule has 0 atom stereocenters. The number of fused-ring (bicyclic) bond motifs is 1. The van der Waals surface area contributed by atoms with Gasteiger partial charge in [-0.25, -0.2) is 9.97 Å². The van der Waals surface area contributed by atoms with E-state index in [1.54, 1.807) is 6.20 Å². The molecule has 0 unspecified atom stereocenters. The SMILES string of the molecule is c1cncc(CNc2nc3ccccc3n2CCCn2ccnc2)c1. The molecule has 3 heterocycles. The minimum atomic E-state index is 0.707. The van der Waals surface area contributed by atoms with E-state index in [4.69, 9.17) is 4.98 Å². The van der Waals surface area contributed by atoms with Crippen LogP contribution in [0.15, 0.2) is 67.5 Å². The molecule has 6 heteroatoms. The van der Waals surface area contributed by atoms with Crippen molar-refractivity contribution in [2.75, 3.05) is 5.32 Å². The quantitative estimate of drug-likeness (QED) is 0.564. The summed E-state index contributed by atoms with van der Waals surface area (Å²) < 4.78 is 4.35. The third kappa shape index (κ3) is 3.52. The average molecular weight is 332 g/mol. The van der Waals surface area contributed by atoms with E-state index in [9.17, 15) is 0 Å². The molecule has 0 fully saturated rings. The molecule has 126 valence electrons. The Bertz CT molecular complexity index is 927. The van der Waals surface area contributed by atoms with Gasteiger partial charge in [-0.2, -0.15) is 0 Å². The number of imidazole rings is 2. The molecule has 4 aromatic rings. The molecular weight excluding hydrogens is 312 g/mol. The third-order valence-electron chi connectivity index (χ3n) is 4.19. The minimum absolute atomic E-state index is 0.707. The Morgan fingerprint density at radius 2 is 1.92 bits per heavy atom. The van der Waals surface area contributed by atoms with E-state index in [1.165, 1.54) is 0 Å². The molecule has 0 radical (unpaired) electrons. The molecule has 0 saturated carbocycles. The fourth-order valence-electron chi connectivity index (χ4n) is 2.95. The number of rotatable bonds is 7. The number of pyridine rings is 1. The Hall–Kier alpha value is -3.15. The van der Waals surface area contributed by atoms with E-state index >= 15 is 0 Å². The largest absolute Gasteiger partial charge is 0.351 e. The van der Waals surface area contributed by atoms with Crippen LogP contribution in [-0.4, -0.2) is 24.1 Å². The lowest BCUT2D eigenvalue weighted by molar-refractivity contribution is 0.573. The predicted octanol–water partition coefficient (Wildman–Crippen LogP) is 3.33. The summed E-state index contributed by atoms with van der Waals surface area (Å²) in [5.41, 5.74) is 3.31. The molecule has 4 rings (SSSR count). The summed E-state index contributed by atoms with van der Waals surface area (Å²) in [5, 5.41) is 3.46. The van der Waals surface area contributed by atoms with Crippen molar-refractivity contribution >= 4 is 17.0 Å². The van der Waals surface area contributed by atoms with Crippen LogP contribution >= 0.6 is 0 Å². The molecule has 1 N–H and O–H groups in total. The van der Waals surface area contributed by atoms with E-state index in [0.717, 1.165) is 42.1 Å². The van der Waals surface area contributed by atoms with Crippen molar-refractivity contribution in [1.82, 2.24) is 24.1 Å². The Morgan fingerprint density at radius 1 is 0.960 bits per heavy atom. The summed E-state index contributed by atoms with van der Waals surface area (Å²) in [5.74, 6) is 0.899. The maximum atomic E-state index is 4.76. The molecule has 0 bridgehead atoms. The van der Waals surface area contributed by atoms with Crippen molar-refractivity contribution in [3.63, 3.8) is 0 Å². The van der Waals surface area contributed by atoms with E-state index < -0.39 is 0 Å². The first-order valence-corrected chi connectivity index (χ1v) is 8.44. The zero-order valence-corrected chi connectivity index (χ0v) is 13.9. The van der Waals surface area contributed by atoms with Gasteiger partial charge in [0.1, 0.15) is 0 Å². The number of aryl methyl sites for hydroxylation is 2. The van der Waals surface area contributed by atoms with Gasteiger partial charge in [-0.15, -0.1) is 0 Å². The average Bonchev–Trinajstić information content (AvgIpc) is 3.29. The number of para-hydroxylation sites is 2. The van der Waals surface area contributed by atoms with E-state index in [1.807, 2.05) is 37.1 Å². The van der Waals surface area contributed by atoms with Crippen molar-refractivity contribution in [2.45, 2.75) is 26.1 Å². The Labute approximate surface area is 146 Å². The van der Waals surface area contributed by atoms with E-state index in [2.05, 4.69) is 48.7 Å². The molecule has 6 nitrogen and oxygen atoms in total. The van der Waals surface area contributed by atoms with Crippen molar-refractivity contribution in [3.05, 3.63) is 73.1 Å². The number of aromatic nitrogens is 5. The van der Waals surface area contributed by atoms with Crippen LogP contribution in [0, 0.1) is 0 Å². The van der Waals surface area contributed by atoms with Crippen LogP contribution in [0.25, 0.3) is 11.0 Å². The summed E-state index contributed by atoms with van der Waals surface area (Å²) in [6.07, 6.45) is 10.3. The third-order valence-corrected chi connectivity index (χ3v) is 4.19. The summed E-state index contributed by atoms with van der Waals surface area (Å²) in [7, 11) is 0. The number of benzene rings is 1. The minimum Gasteiger partial charge on any atom is -0.351 e. The first-order valence-electron chi connectivity index (χ1n) is 8.44. The van der Waals surface area contributed by atoms with E-state index in [0.29, 0.717) is 6.54 Å². The van der Waals surface area contributed by atoms with Gasteiger partial charge in [0.05, 0.1) is 17.4 Å². The zero-order chi connectivity index (χ0) is 16.9. The standard InChI is InChI=1S/C19H20N6/c1-2-7-18-17(6-1)23-19(22-14-16-5-3-8-20-13-16)25(18)11-4-10-24-12-9-21-15-24/h1-3,5-9,12-13,15H,4,10-11,14H2,(H,22,23). The van der Waals surface area contributed by atoms with E-state index in [-0.39, 0.29) is 0 Å². The maximum absolute atomic E-state index is 4.76. The van der Waals surface area contributed by atoms with Crippen molar-refractivity contribution in [2.24, 2.45) is 0 Å². The zero-order valence-electron chi connectivity index (χ0n) is 13.9. The molecule has 0 saturated heterocycles. The number of anilines is 1. The van der Waals surface area contributed by atoms with Gasteiger partial charge in [0.25, 0.3) is 0 Å². The monoisotopic (exact) mass is 332 g/mol. The maximum Gasteiger partial charge on any atom is 0.204 e. The van der Waals surface area contributed by atoms with Gasteiger partial charge in [-0.3, -0.25) is 4.98 Å². The van der Waals surface area contributed by atoms with Gasteiger partial charge in [0, 0.05) is 44.4 Å².